The molecule has 9 heteroatoms. The Bertz CT molecular complexity index is 1360. The molecule has 41 heavy (non-hydrogen) atoms. The van der Waals surface area contributed by atoms with Gasteiger partial charge in [-0.25, -0.2) is 0 Å². The molecule has 6 rings (SSSR count). The fourth-order valence-corrected chi connectivity index (χ4v) is 16.2. The number of hydrogen-bond acceptors (Lipinski definition) is 2. The molecule has 216 valence electrons. The molecule has 2 nitrogen and oxygen atoms in total. The summed E-state index contributed by atoms with van der Waals surface area (Å²) < 4.78 is 65.1. The Morgan fingerprint density at radius 3 is 1.32 bits per heavy atom. The first-order valence-electron chi connectivity index (χ1n) is 13.9. The van der Waals surface area contributed by atoms with Gasteiger partial charge in [0.1, 0.15) is 0 Å². The molecule has 0 N–H and O–H groups in total. The molecular formula is C32H32Cl2F4N2Ti. The van der Waals surface area contributed by atoms with Crippen LogP contribution in [0.3, 0.4) is 0 Å². The van der Waals surface area contributed by atoms with Crippen LogP contribution in [-0.4, -0.2) is 37.9 Å². The molecular weight excluding hydrogens is 607 g/mol. The number of nitrogens with zero attached hydrogens (tertiary/aromatic N) is 2. The summed E-state index contributed by atoms with van der Waals surface area (Å²) in [6.45, 7) is 6.08. The van der Waals surface area contributed by atoms with Crippen molar-refractivity contribution in [3.8, 4) is 0 Å². The summed E-state index contributed by atoms with van der Waals surface area (Å²) >= 11 is 7.46. The molecule has 0 radical (unpaired) electrons. The van der Waals surface area contributed by atoms with Crippen molar-refractivity contribution in [2.45, 2.75) is 22.3 Å². The molecule has 0 spiro atoms. The first kappa shape index (κ1) is 29.1. The molecule has 0 atom stereocenters. The van der Waals surface area contributed by atoms with Crippen molar-refractivity contribution in [3.05, 3.63) is 96.1 Å². The number of rotatable bonds is 8. The Morgan fingerprint density at radius 1 is 0.659 bits per heavy atom. The fourth-order valence-electron chi connectivity index (χ4n) is 7.07. The summed E-state index contributed by atoms with van der Waals surface area (Å²) in [6, 6.07) is 5.39. The predicted octanol–water partition coefficient (Wildman–Crippen LogP) is 7.31. The molecule has 2 aromatic rings. The van der Waals surface area contributed by atoms with E-state index in [9.17, 15) is 0 Å². The zero-order chi connectivity index (χ0) is 29.2. The van der Waals surface area contributed by atoms with Crippen molar-refractivity contribution >= 4 is 42.3 Å². The maximum absolute atomic E-state index is 17.0. The first-order valence-corrected chi connectivity index (χ1v) is 18.3. The molecule has 0 amide bonds. The van der Waals surface area contributed by atoms with Gasteiger partial charge in [0.25, 0.3) is 0 Å². The van der Waals surface area contributed by atoms with Crippen LogP contribution >= 0.6 is 23.2 Å². The SMILES string of the molecule is CC1(CCl)CN(c2ccc(F)[c]([Ti]([c]3c(F)ccc(N4CC(C)(CCl)C4)c3F)([CH]3C=CC=C3)[CH]3C=CC=C3)c2F)C1. The minimum absolute atomic E-state index is 0.159. The fraction of sp³-hybridized carbons (Fsp3) is 0.375. The van der Waals surface area contributed by atoms with Gasteiger partial charge in [-0.05, 0) is 0 Å². The van der Waals surface area contributed by atoms with E-state index >= 15 is 17.6 Å². The van der Waals surface area contributed by atoms with Gasteiger partial charge in [0.2, 0.25) is 0 Å². The van der Waals surface area contributed by atoms with Crippen molar-refractivity contribution < 1.29 is 34.2 Å². The molecule has 0 saturated carbocycles. The zero-order valence-corrected chi connectivity index (χ0v) is 26.1. The van der Waals surface area contributed by atoms with Gasteiger partial charge >= 0.3 is 253 Å². The van der Waals surface area contributed by atoms with Crippen LogP contribution in [0.25, 0.3) is 0 Å². The van der Waals surface area contributed by atoms with Gasteiger partial charge in [-0.15, -0.1) is 0 Å². The van der Waals surface area contributed by atoms with Gasteiger partial charge in [-0.3, -0.25) is 0 Å². The van der Waals surface area contributed by atoms with Gasteiger partial charge in [-0.2, -0.15) is 0 Å². The number of alkyl halides is 2. The third-order valence-corrected chi connectivity index (χ3v) is 18.9. The number of benzene rings is 2. The number of anilines is 2. The second-order valence-electron chi connectivity index (χ2n) is 12.6. The topological polar surface area (TPSA) is 6.48 Å². The van der Waals surface area contributed by atoms with E-state index < -0.39 is 48.3 Å². The molecule has 4 aliphatic rings. The third kappa shape index (κ3) is 4.56. The number of allylic oxidation sites excluding steroid dienone is 8. The van der Waals surface area contributed by atoms with Gasteiger partial charge in [0.05, 0.1) is 0 Å². The van der Waals surface area contributed by atoms with Crippen LogP contribution in [0.5, 0.6) is 0 Å². The molecule has 0 unspecified atom stereocenters. The Labute approximate surface area is 252 Å². The minimum atomic E-state index is -4.82. The normalized spacial score (nSPS) is 21.2. The summed E-state index contributed by atoms with van der Waals surface area (Å²) in [7, 11) is 0. The Morgan fingerprint density at radius 2 is 1.00 bits per heavy atom. The number of hydrogen-bond donors (Lipinski definition) is 0. The molecule has 2 aromatic carbocycles. The summed E-state index contributed by atoms with van der Waals surface area (Å²) in [6.07, 6.45) is 14.6. The van der Waals surface area contributed by atoms with E-state index in [0.717, 1.165) is 0 Å². The van der Waals surface area contributed by atoms with Crippen LogP contribution in [0.2, 0.25) is 8.45 Å². The predicted molar refractivity (Wildman–Crippen MR) is 158 cm³/mol. The quantitative estimate of drug-likeness (QED) is 0.170. The van der Waals surface area contributed by atoms with E-state index in [4.69, 9.17) is 23.2 Å². The van der Waals surface area contributed by atoms with E-state index in [1.165, 1.54) is 24.3 Å². The summed E-state index contributed by atoms with van der Waals surface area (Å²) in [4.78, 5) is 3.68. The van der Waals surface area contributed by atoms with E-state index in [1.807, 2.05) is 48.0 Å². The van der Waals surface area contributed by atoms with E-state index in [2.05, 4.69) is 0 Å². The van der Waals surface area contributed by atoms with Crippen LogP contribution in [0.1, 0.15) is 13.8 Å². The average molecular weight is 639 g/mol. The van der Waals surface area contributed by atoms with Crippen LogP contribution in [0, 0.1) is 34.1 Å². The molecule has 2 heterocycles. The second-order valence-corrected chi connectivity index (χ2v) is 19.5. The summed E-state index contributed by atoms with van der Waals surface area (Å²) in [5.74, 6) is -2.16. The third-order valence-electron chi connectivity index (χ3n) is 9.13. The standard InChI is InChI=1S/2C11H11ClF2N.2C5H5.Ti/c2*1-11(5-12)6-15(7-11)10-3-2-8(13)4-9(10)14;2*1-2-4-5-3-1;/h2*2-3H,5-7H2,1H3;2*1-5H;. The van der Waals surface area contributed by atoms with Crippen LogP contribution in [-0.2, 0) is 16.6 Å². The van der Waals surface area contributed by atoms with Gasteiger partial charge < -0.3 is 0 Å². The Kier molecular flexibility index (Phi) is 7.54. The molecule has 0 aromatic heterocycles. The molecule has 2 aliphatic carbocycles. The maximum atomic E-state index is 17.0. The number of halogens is 6. The Balaban J connectivity index is 1.61. The summed E-state index contributed by atoms with van der Waals surface area (Å²) in [5.41, 5.74) is 0.119. The van der Waals surface area contributed by atoms with E-state index in [0.29, 0.717) is 37.9 Å². The van der Waals surface area contributed by atoms with Crippen LogP contribution in [0.15, 0.2) is 72.9 Å². The van der Waals surface area contributed by atoms with Crippen molar-refractivity contribution in [3.63, 3.8) is 0 Å². The monoisotopic (exact) mass is 638 g/mol. The van der Waals surface area contributed by atoms with Gasteiger partial charge in [0, 0.05) is 0 Å². The van der Waals surface area contributed by atoms with Crippen molar-refractivity contribution in [2.24, 2.45) is 10.8 Å². The zero-order valence-electron chi connectivity index (χ0n) is 23.0. The molecule has 2 aliphatic heterocycles. The Hall–Kier alpha value is -1.99. The molecule has 2 saturated heterocycles. The van der Waals surface area contributed by atoms with Crippen molar-refractivity contribution in [2.75, 3.05) is 47.7 Å². The van der Waals surface area contributed by atoms with Crippen molar-refractivity contribution in [1.82, 2.24) is 0 Å². The van der Waals surface area contributed by atoms with Crippen LogP contribution in [0.4, 0.5) is 28.9 Å². The molecule has 2 fully saturated rings. The first-order chi connectivity index (χ1) is 19.6. The van der Waals surface area contributed by atoms with Crippen molar-refractivity contribution in [1.29, 1.82) is 0 Å². The second kappa shape index (κ2) is 10.6. The van der Waals surface area contributed by atoms with Gasteiger partial charge in [-0.1, -0.05) is 0 Å². The van der Waals surface area contributed by atoms with E-state index in [-0.39, 0.29) is 29.9 Å². The van der Waals surface area contributed by atoms with Gasteiger partial charge in [0.15, 0.2) is 0 Å². The van der Waals surface area contributed by atoms with Crippen LogP contribution < -0.4 is 17.5 Å². The molecule has 0 bridgehead atoms. The van der Waals surface area contributed by atoms with E-state index in [1.54, 1.807) is 24.3 Å². The summed E-state index contributed by atoms with van der Waals surface area (Å²) in [5, 5.41) is 0. The average Bonchev–Trinajstić information content (AvgIpc) is 3.65.